The number of hydrogen-bond acceptors (Lipinski definition) is 4. The lowest BCUT2D eigenvalue weighted by atomic mass is 9.93. The fourth-order valence-corrected chi connectivity index (χ4v) is 2.79. The molecule has 1 unspecified atom stereocenters. The SMILES string of the molecule is CC(C)[C@H](N)C(=O)NCC(=O)NC1CCc2nc(C(C)(C)C)cn2C1. The van der Waals surface area contributed by atoms with Crippen LogP contribution in [0.25, 0.3) is 0 Å². The van der Waals surface area contributed by atoms with Crippen LogP contribution in [-0.2, 0) is 28.0 Å². The predicted octanol–water partition coefficient (Wildman–Crippen LogP) is 0.711. The Bertz CT molecular complexity index is 630. The molecule has 0 saturated heterocycles. The van der Waals surface area contributed by atoms with Crippen molar-refractivity contribution in [2.75, 3.05) is 6.54 Å². The number of aromatic nitrogens is 2. The molecule has 4 N–H and O–H groups in total. The second-order valence-electron chi connectivity index (χ2n) is 8.24. The number of carbonyl (C=O) groups excluding carboxylic acids is 2. The average Bonchev–Trinajstić information content (AvgIpc) is 2.95. The van der Waals surface area contributed by atoms with Crippen LogP contribution in [0.15, 0.2) is 6.20 Å². The lowest BCUT2D eigenvalue weighted by Crippen LogP contribution is -2.49. The van der Waals surface area contributed by atoms with Gasteiger partial charge >= 0.3 is 0 Å². The number of rotatable bonds is 5. The number of fused-ring (bicyclic) bond motifs is 1. The van der Waals surface area contributed by atoms with E-state index in [0.717, 1.165) is 24.4 Å². The first-order valence-corrected chi connectivity index (χ1v) is 8.97. The van der Waals surface area contributed by atoms with Crippen molar-refractivity contribution in [1.82, 2.24) is 20.2 Å². The minimum atomic E-state index is -0.591. The van der Waals surface area contributed by atoms with Gasteiger partial charge in [-0.15, -0.1) is 0 Å². The van der Waals surface area contributed by atoms with Gasteiger partial charge in [0.05, 0.1) is 18.3 Å². The number of nitrogens with one attached hydrogen (secondary N) is 2. The Morgan fingerprint density at radius 1 is 1.40 bits per heavy atom. The second-order valence-corrected chi connectivity index (χ2v) is 8.24. The highest BCUT2D eigenvalue weighted by Gasteiger charge is 2.25. The number of aryl methyl sites for hydroxylation is 1. The molecule has 7 nitrogen and oxygen atoms in total. The topological polar surface area (TPSA) is 102 Å². The average molecular weight is 349 g/mol. The molecule has 1 aliphatic heterocycles. The van der Waals surface area contributed by atoms with Crippen molar-refractivity contribution < 1.29 is 9.59 Å². The summed E-state index contributed by atoms with van der Waals surface area (Å²) in [4.78, 5) is 28.6. The normalized spacial score (nSPS) is 18.6. The molecule has 1 aromatic heterocycles. The quantitative estimate of drug-likeness (QED) is 0.728. The molecule has 7 heteroatoms. The van der Waals surface area contributed by atoms with Crippen molar-refractivity contribution in [3.05, 3.63) is 17.7 Å². The maximum atomic E-state index is 12.1. The molecule has 0 radical (unpaired) electrons. The molecular formula is C18H31N5O2. The van der Waals surface area contributed by atoms with Gasteiger partial charge in [-0.25, -0.2) is 4.98 Å². The van der Waals surface area contributed by atoms with Crippen LogP contribution >= 0.6 is 0 Å². The van der Waals surface area contributed by atoms with E-state index in [-0.39, 0.29) is 35.7 Å². The van der Waals surface area contributed by atoms with E-state index in [4.69, 9.17) is 10.7 Å². The fraction of sp³-hybridized carbons (Fsp3) is 0.722. The largest absolute Gasteiger partial charge is 0.350 e. The monoisotopic (exact) mass is 349 g/mol. The van der Waals surface area contributed by atoms with Crippen LogP contribution in [0.3, 0.4) is 0 Å². The van der Waals surface area contributed by atoms with Crippen molar-refractivity contribution in [2.45, 2.75) is 71.5 Å². The summed E-state index contributed by atoms with van der Waals surface area (Å²) >= 11 is 0. The van der Waals surface area contributed by atoms with Crippen LogP contribution in [0, 0.1) is 5.92 Å². The Morgan fingerprint density at radius 2 is 2.08 bits per heavy atom. The van der Waals surface area contributed by atoms with Crippen molar-refractivity contribution in [3.63, 3.8) is 0 Å². The molecule has 0 aliphatic carbocycles. The molecule has 0 saturated carbocycles. The highest BCUT2D eigenvalue weighted by molar-refractivity contribution is 5.87. The Morgan fingerprint density at radius 3 is 2.68 bits per heavy atom. The van der Waals surface area contributed by atoms with Gasteiger partial charge in [-0.05, 0) is 12.3 Å². The number of carbonyl (C=O) groups is 2. The van der Waals surface area contributed by atoms with Crippen LogP contribution < -0.4 is 16.4 Å². The Labute approximate surface area is 149 Å². The van der Waals surface area contributed by atoms with Crippen molar-refractivity contribution in [3.8, 4) is 0 Å². The predicted molar refractivity (Wildman–Crippen MR) is 97.0 cm³/mol. The smallest absolute Gasteiger partial charge is 0.239 e. The number of nitrogens with two attached hydrogens (primary N) is 1. The van der Waals surface area contributed by atoms with Gasteiger partial charge in [0.15, 0.2) is 0 Å². The minimum absolute atomic E-state index is 0.0164. The standard InChI is InChI=1S/C18H31N5O2/c1-11(2)16(19)17(25)20-8-15(24)21-12-6-7-14-22-13(18(3,4)5)10-23(14)9-12/h10-12,16H,6-9,19H2,1-5H3,(H,20,25)(H,21,24)/t12?,16-/m0/s1. The summed E-state index contributed by atoms with van der Waals surface area (Å²) in [6.07, 6.45) is 3.77. The molecule has 1 aliphatic rings. The van der Waals surface area contributed by atoms with E-state index in [0.29, 0.717) is 6.54 Å². The Hall–Kier alpha value is -1.89. The van der Waals surface area contributed by atoms with Gasteiger partial charge in [-0.2, -0.15) is 0 Å². The zero-order chi connectivity index (χ0) is 18.8. The first kappa shape index (κ1) is 19.4. The van der Waals surface area contributed by atoms with Crippen LogP contribution in [-0.4, -0.2) is 40.0 Å². The minimum Gasteiger partial charge on any atom is -0.350 e. The molecule has 0 bridgehead atoms. The summed E-state index contributed by atoms with van der Waals surface area (Å²) in [5, 5.41) is 5.59. The van der Waals surface area contributed by atoms with Gasteiger partial charge in [-0.1, -0.05) is 34.6 Å². The van der Waals surface area contributed by atoms with Crippen LogP contribution in [0.5, 0.6) is 0 Å². The first-order valence-electron chi connectivity index (χ1n) is 8.97. The summed E-state index contributed by atoms with van der Waals surface area (Å²) in [7, 11) is 0. The van der Waals surface area contributed by atoms with Crippen LogP contribution in [0.2, 0.25) is 0 Å². The van der Waals surface area contributed by atoms with Gasteiger partial charge in [-0.3, -0.25) is 9.59 Å². The highest BCUT2D eigenvalue weighted by atomic mass is 16.2. The van der Waals surface area contributed by atoms with Crippen LogP contribution in [0.4, 0.5) is 0 Å². The molecule has 2 heterocycles. The number of nitrogens with zero attached hydrogens (tertiary/aromatic N) is 2. The van der Waals surface area contributed by atoms with E-state index < -0.39 is 6.04 Å². The molecule has 2 amide bonds. The summed E-state index contributed by atoms with van der Waals surface area (Å²) in [5.74, 6) is 0.638. The maximum absolute atomic E-state index is 12.1. The number of imidazole rings is 1. The maximum Gasteiger partial charge on any atom is 0.239 e. The van der Waals surface area contributed by atoms with E-state index in [1.54, 1.807) is 0 Å². The van der Waals surface area contributed by atoms with Gasteiger partial charge < -0.3 is 20.9 Å². The molecule has 0 spiro atoms. The molecule has 2 rings (SSSR count). The lowest BCUT2D eigenvalue weighted by molar-refractivity contribution is -0.127. The van der Waals surface area contributed by atoms with E-state index in [9.17, 15) is 9.59 Å². The molecule has 1 aromatic rings. The third kappa shape index (κ3) is 5.04. The van der Waals surface area contributed by atoms with Gasteiger partial charge in [0, 0.05) is 30.6 Å². The second kappa shape index (κ2) is 7.56. The van der Waals surface area contributed by atoms with Gasteiger partial charge in [0.25, 0.3) is 0 Å². The summed E-state index contributed by atoms with van der Waals surface area (Å²) in [5.41, 5.74) is 6.86. The fourth-order valence-electron chi connectivity index (χ4n) is 2.79. The van der Waals surface area contributed by atoms with Crippen LogP contribution in [0.1, 0.15) is 52.6 Å². The summed E-state index contributed by atoms with van der Waals surface area (Å²) in [6.45, 7) is 10.9. The third-order valence-corrected chi connectivity index (χ3v) is 4.57. The van der Waals surface area contributed by atoms with E-state index >= 15 is 0 Å². The Kier molecular flexibility index (Phi) is 5.87. The number of hydrogen-bond donors (Lipinski definition) is 3. The zero-order valence-electron chi connectivity index (χ0n) is 15.9. The molecular weight excluding hydrogens is 318 g/mol. The molecule has 0 aromatic carbocycles. The number of amides is 2. The molecule has 2 atom stereocenters. The molecule has 140 valence electrons. The highest BCUT2D eigenvalue weighted by Crippen LogP contribution is 2.24. The zero-order valence-corrected chi connectivity index (χ0v) is 15.9. The molecule has 25 heavy (non-hydrogen) atoms. The lowest BCUT2D eigenvalue weighted by Gasteiger charge is -2.25. The van der Waals surface area contributed by atoms with E-state index in [1.165, 1.54) is 0 Å². The summed E-state index contributed by atoms with van der Waals surface area (Å²) < 4.78 is 2.13. The third-order valence-electron chi connectivity index (χ3n) is 4.57. The van der Waals surface area contributed by atoms with Crippen molar-refractivity contribution in [1.29, 1.82) is 0 Å². The van der Waals surface area contributed by atoms with Gasteiger partial charge in [0.2, 0.25) is 11.8 Å². The summed E-state index contributed by atoms with van der Waals surface area (Å²) in [6, 6.07) is -0.538. The Balaban J connectivity index is 1.85. The van der Waals surface area contributed by atoms with Crippen molar-refractivity contribution in [2.24, 2.45) is 11.7 Å². The van der Waals surface area contributed by atoms with E-state index in [1.807, 2.05) is 13.8 Å². The molecule has 0 fully saturated rings. The van der Waals surface area contributed by atoms with Gasteiger partial charge in [0.1, 0.15) is 5.82 Å². The van der Waals surface area contributed by atoms with Crippen molar-refractivity contribution >= 4 is 11.8 Å². The van der Waals surface area contributed by atoms with E-state index in [2.05, 4.69) is 42.2 Å². The first-order chi connectivity index (χ1) is 11.6.